The van der Waals surface area contributed by atoms with Crippen molar-refractivity contribution >= 4 is 9.84 Å². The van der Waals surface area contributed by atoms with E-state index in [4.69, 9.17) is 5.11 Å². The normalized spacial score (nSPS) is 14.8. The van der Waals surface area contributed by atoms with Gasteiger partial charge in [0.15, 0.2) is 15.9 Å². The third-order valence-electron chi connectivity index (χ3n) is 2.43. The molecule has 7 heteroatoms. The van der Waals surface area contributed by atoms with Crippen molar-refractivity contribution in [3.8, 4) is 0 Å². The topological polar surface area (TPSA) is 54.4 Å². The first kappa shape index (κ1) is 15.0. The smallest absolute Gasteiger partial charge is 0.379 e. The maximum Gasteiger partial charge on any atom is 0.418 e. The fourth-order valence-electron chi connectivity index (χ4n) is 1.32. The molecular formula is C11H13F3O3S. The van der Waals surface area contributed by atoms with Crippen LogP contribution in [0.25, 0.3) is 0 Å². The van der Waals surface area contributed by atoms with Crippen molar-refractivity contribution in [2.24, 2.45) is 0 Å². The summed E-state index contributed by atoms with van der Waals surface area (Å²) in [4.78, 5) is -0.224. The van der Waals surface area contributed by atoms with E-state index >= 15 is 0 Å². The molecule has 102 valence electrons. The van der Waals surface area contributed by atoms with Gasteiger partial charge in [-0.05, 0) is 31.5 Å². The second-order valence-electron chi connectivity index (χ2n) is 4.11. The van der Waals surface area contributed by atoms with Gasteiger partial charge in [-0.1, -0.05) is 12.1 Å². The van der Waals surface area contributed by atoms with E-state index in [1.807, 2.05) is 0 Å². The molecule has 1 atom stereocenters. The largest absolute Gasteiger partial charge is 0.418 e. The highest BCUT2D eigenvalue weighted by atomic mass is 32.2. The number of hydrogen-bond acceptors (Lipinski definition) is 3. The summed E-state index contributed by atoms with van der Waals surface area (Å²) >= 11 is 0. The van der Waals surface area contributed by atoms with E-state index in [-0.39, 0.29) is 4.90 Å². The van der Waals surface area contributed by atoms with Gasteiger partial charge < -0.3 is 5.11 Å². The monoisotopic (exact) mass is 282 g/mol. The van der Waals surface area contributed by atoms with E-state index in [1.54, 1.807) is 0 Å². The quantitative estimate of drug-likeness (QED) is 0.926. The van der Waals surface area contributed by atoms with Crippen LogP contribution in [0.4, 0.5) is 13.2 Å². The fraction of sp³-hybridized carbons (Fsp3) is 0.455. The number of halogens is 3. The molecule has 0 fully saturated rings. The second-order valence-corrected chi connectivity index (χ2v) is 6.61. The SMILES string of the molecule is CC(C)S(=O)(=O)c1cccc(C(O)C(F)(F)F)c1. The van der Waals surface area contributed by atoms with Gasteiger partial charge in [0.05, 0.1) is 10.1 Å². The highest BCUT2D eigenvalue weighted by Crippen LogP contribution is 2.33. The Balaban J connectivity index is 3.24. The first-order valence-corrected chi connectivity index (χ1v) is 6.70. The number of hydrogen-bond donors (Lipinski definition) is 1. The summed E-state index contributed by atoms with van der Waals surface area (Å²) in [6, 6.07) is 4.28. The summed E-state index contributed by atoms with van der Waals surface area (Å²) in [6.07, 6.45) is -7.50. The number of aliphatic hydroxyl groups is 1. The van der Waals surface area contributed by atoms with Crippen LogP contribution in [0.15, 0.2) is 29.2 Å². The van der Waals surface area contributed by atoms with Gasteiger partial charge >= 0.3 is 6.18 Å². The van der Waals surface area contributed by atoms with Crippen molar-refractivity contribution in [1.29, 1.82) is 0 Å². The molecule has 1 unspecified atom stereocenters. The van der Waals surface area contributed by atoms with Crippen molar-refractivity contribution in [2.75, 3.05) is 0 Å². The Morgan fingerprint density at radius 1 is 1.22 bits per heavy atom. The maximum atomic E-state index is 12.3. The molecule has 1 aromatic carbocycles. The Morgan fingerprint density at radius 3 is 2.22 bits per heavy atom. The average Bonchev–Trinajstić information content (AvgIpc) is 2.26. The summed E-state index contributed by atoms with van der Waals surface area (Å²) < 4.78 is 60.6. The number of rotatable bonds is 3. The van der Waals surface area contributed by atoms with Gasteiger partial charge in [0.1, 0.15) is 0 Å². The summed E-state index contributed by atoms with van der Waals surface area (Å²) in [6.45, 7) is 2.87. The highest BCUT2D eigenvalue weighted by Gasteiger charge is 2.39. The van der Waals surface area contributed by atoms with Gasteiger partial charge in [-0.3, -0.25) is 0 Å². The average molecular weight is 282 g/mol. The number of benzene rings is 1. The molecule has 0 saturated heterocycles. The summed E-state index contributed by atoms with van der Waals surface area (Å²) in [7, 11) is -3.66. The molecular weight excluding hydrogens is 269 g/mol. The maximum absolute atomic E-state index is 12.3. The van der Waals surface area contributed by atoms with Gasteiger partial charge in [0.25, 0.3) is 0 Å². The van der Waals surface area contributed by atoms with Crippen LogP contribution in [0.1, 0.15) is 25.5 Å². The molecule has 0 aliphatic heterocycles. The summed E-state index contributed by atoms with van der Waals surface area (Å²) in [5, 5.41) is 8.33. The van der Waals surface area contributed by atoms with Crippen molar-refractivity contribution < 1.29 is 26.7 Å². The summed E-state index contributed by atoms with van der Waals surface area (Å²) in [5.41, 5.74) is -0.482. The minimum absolute atomic E-state index is 0.224. The summed E-state index contributed by atoms with van der Waals surface area (Å²) in [5.74, 6) is 0. The molecule has 0 amide bonds. The molecule has 0 heterocycles. The number of aliphatic hydroxyl groups excluding tert-OH is 1. The van der Waals surface area contributed by atoms with Gasteiger partial charge in [-0.2, -0.15) is 13.2 Å². The molecule has 0 radical (unpaired) electrons. The number of alkyl halides is 3. The first-order chi connectivity index (χ1) is 8.06. The first-order valence-electron chi connectivity index (χ1n) is 5.15. The predicted octanol–water partition coefficient (Wildman–Crippen LogP) is 2.46. The Labute approximate surface area is 103 Å². The van der Waals surface area contributed by atoms with Crippen LogP contribution in [-0.2, 0) is 9.84 Å². The third-order valence-corrected chi connectivity index (χ3v) is 4.59. The van der Waals surface area contributed by atoms with Crippen LogP contribution in [0.5, 0.6) is 0 Å². The molecule has 0 aliphatic carbocycles. The van der Waals surface area contributed by atoms with Crippen molar-refractivity contribution in [1.82, 2.24) is 0 Å². The molecule has 0 spiro atoms. The van der Waals surface area contributed by atoms with Crippen LogP contribution in [0.3, 0.4) is 0 Å². The molecule has 3 nitrogen and oxygen atoms in total. The van der Waals surface area contributed by atoms with E-state index in [0.29, 0.717) is 0 Å². The van der Waals surface area contributed by atoms with E-state index in [9.17, 15) is 21.6 Å². The zero-order valence-corrected chi connectivity index (χ0v) is 10.6. The van der Waals surface area contributed by atoms with E-state index in [0.717, 1.165) is 12.1 Å². The van der Waals surface area contributed by atoms with Gasteiger partial charge in [-0.15, -0.1) is 0 Å². The van der Waals surface area contributed by atoms with E-state index < -0.39 is 32.9 Å². The lowest BCUT2D eigenvalue weighted by molar-refractivity contribution is -0.206. The fourth-order valence-corrected chi connectivity index (χ4v) is 2.44. The van der Waals surface area contributed by atoms with Crippen LogP contribution >= 0.6 is 0 Å². The van der Waals surface area contributed by atoms with Gasteiger partial charge in [-0.25, -0.2) is 8.42 Å². The Morgan fingerprint density at radius 2 is 1.78 bits per heavy atom. The van der Waals surface area contributed by atoms with Crippen molar-refractivity contribution in [2.45, 2.75) is 36.3 Å². The number of sulfone groups is 1. The van der Waals surface area contributed by atoms with E-state index in [1.165, 1.54) is 26.0 Å². The van der Waals surface area contributed by atoms with Crippen LogP contribution in [0, 0.1) is 0 Å². The van der Waals surface area contributed by atoms with Crippen molar-refractivity contribution in [3.05, 3.63) is 29.8 Å². The molecule has 0 aliphatic rings. The molecule has 1 aromatic rings. The van der Waals surface area contributed by atoms with Gasteiger partial charge in [0.2, 0.25) is 0 Å². The molecule has 0 bridgehead atoms. The molecule has 1 rings (SSSR count). The molecule has 0 aromatic heterocycles. The van der Waals surface area contributed by atoms with Crippen LogP contribution < -0.4 is 0 Å². The molecule has 1 N–H and O–H groups in total. The zero-order chi connectivity index (χ0) is 14.1. The minimum Gasteiger partial charge on any atom is -0.379 e. The predicted molar refractivity (Wildman–Crippen MR) is 59.8 cm³/mol. The standard InChI is InChI=1S/C11H13F3O3S/c1-7(2)18(16,17)9-5-3-4-8(6-9)10(15)11(12,13)14/h3-7,10,15H,1-2H3. The lowest BCUT2D eigenvalue weighted by Gasteiger charge is -2.16. The Kier molecular flexibility index (Phi) is 4.07. The van der Waals surface area contributed by atoms with Crippen LogP contribution in [0.2, 0.25) is 0 Å². The lowest BCUT2D eigenvalue weighted by Crippen LogP contribution is -2.21. The second kappa shape index (κ2) is 4.89. The molecule has 18 heavy (non-hydrogen) atoms. The molecule has 0 saturated carbocycles. The Hall–Kier alpha value is -1.08. The van der Waals surface area contributed by atoms with Gasteiger partial charge in [0, 0.05) is 0 Å². The Bertz CT molecular complexity index is 521. The zero-order valence-electron chi connectivity index (χ0n) is 9.77. The highest BCUT2D eigenvalue weighted by molar-refractivity contribution is 7.92. The van der Waals surface area contributed by atoms with Crippen molar-refractivity contribution in [3.63, 3.8) is 0 Å². The van der Waals surface area contributed by atoms with Crippen LogP contribution in [-0.4, -0.2) is 25.0 Å². The lowest BCUT2D eigenvalue weighted by atomic mass is 10.1. The minimum atomic E-state index is -4.82. The van der Waals surface area contributed by atoms with E-state index in [2.05, 4.69) is 0 Å². The third kappa shape index (κ3) is 3.02.